The molecule has 0 aliphatic carbocycles. The van der Waals surface area contributed by atoms with Gasteiger partial charge in [-0.05, 0) is 38.5 Å². The molecule has 0 aliphatic rings. The second-order valence-corrected chi connectivity index (χ2v) is 13.8. The van der Waals surface area contributed by atoms with Crippen molar-refractivity contribution in [1.82, 2.24) is 0 Å². The molecule has 0 N–H and O–H groups in total. The summed E-state index contributed by atoms with van der Waals surface area (Å²) in [6.45, 7) is 19.6. The van der Waals surface area contributed by atoms with Gasteiger partial charge in [-0.2, -0.15) is 0 Å². The van der Waals surface area contributed by atoms with Crippen LogP contribution in [-0.4, -0.2) is 60.0 Å². The van der Waals surface area contributed by atoms with Crippen molar-refractivity contribution in [2.24, 2.45) is 0 Å². The van der Waals surface area contributed by atoms with Crippen LogP contribution in [0.3, 0.4) is 0 Å². The van der Waals surface area contributed by atoms with Gasteiger partial charge in [-0.1, -0.05) is 80.1 Å². The minimum atomic E-state index is -1.38. The minimum Gasteiger partial charge on any atom is -0.312 e. The van der Waals surface area contributed by atoms with Gasteiger partial charge >= 0.3 is 87.7 Å². The molecule has 0 aliphatic heterocycles. The molecule has 0 aromatic heterocycles. The van der Waals surface area contributed by atoms with Crippen LogP contribution in [0.1, 0.15) is 132 Å². The Balaban J connectivity index is -0.000000569. The van der Waals surface area contributed by atoms with Crippen LogP contribution in [0.5, 0.6) is 0 Å². The van der Waals surface area contributed by atoms with Crippen LogP contribution < -0.4 is 0 Å². The fourth-order valence-corrected chi connectivity index (χ4v) is 5.21. The van der Waals surface area contributed by atoms with Crippen molar-refractivity contribution >= 4 is 37.5 Å². The van der Waals surface area contributed by atoms with Gasteiger partial charge in [0, 0.05) is 0 Å². The van der Waals surface area contributed by atoms with E-state index in [1.165, 1.54) is 0 Å². The fraction of sp³-hybridized carbons (Fsp3) is 0.867. The normalized spacial score (nSPS) is 10.7. The fourth-order valence-electron chi connectivity index (χ4n) is 2.12. The SMILES string of the molecule is CC(=O)[C](=O)[Ru][C](=O)C(C)=O.CCCCOP(OCCCC)OCCCC.CCCCOP(OCCCC)OCCCC. The molecule has 0 heterocycles. The first kappa shape index (κ1) is 47.3. The Bertz CT molecular complexity index is 569. The van der Waals surface area contributed by atoms with Crippen LogP contribution in [0.2, 0.25) is 0 Å². The maximum Gasteiger partial charge on any atom is 0.332 e. The van der Waals surface area contributed by atoms with Gasteiger partial charge in [0.2, 0.25) is 0 Å². The minimum absolute atomic E-state index is 0.655. The van der Waals surface area contributed by atoms with Gasteiger partial charge in [0.05, 0.1) is 39.6 Å². The van der Waals surface area contributed by atoms with Crippen molar-refractivity contribution in [2.45, 2.75) is 132 Å². The Hall–Kier alpha value is -0.0766. The number of carbonyl (C=O) groups is 4. The third-order valence-electron chi connectivity index (χ3n) is 4.86. The maximum atomic E-state index is 10.6. The van der Waals surface area contributed by atoms with Crippen molar-refractivity contribution < 1.29 is 63.4 Å². The Morgan fingerprint density at radius 2 is 0.605 bits per heavy atom. The Kier molecular flexibility index (Phi) is 41.9. The number of Topliss-reactive ketones (excluding diaryl/α,β-unsaturated/α-hetero) is 2. The van der Waals surface area contributed by atoms with E-state index in [2.05, 4.69) is 41.5 Å². The molecule has 0 saturated heterocycles. The third-order valence-corrected chi connectivity index (χ3v) is 9.24. The van der Waals surface area contributed by atoms with Crippen LogP contribution in [0.15, 0.2) is 0 Å². The molecule has 0 unspecified atom stereocenters. The topological polar surface area (TPSA) is 124 Å². The third kappa shape index (κ3) is 38.0. The second kappa shape index (κ2) is 38.1. The average molecular weight is 744 g/mol. The molecule has 0 rings (SSSR count). The molecule has 0 amide bonds. The van der Waals surface area contributed by atoms with Crippen LogP contribution >= 0.6 is 17.2 Å². The maximum absolute atomic E-state index is 10.6. The molecule has 0 bridgehead atoms. The van der Waals surface area contributed by atoms with Gasteiger partial charge in [-0.15, -0.1) is 0 Å². The van der Waals surface area contributed by atoms with Crippen molar-refractivity contribution in [3.05, 3.63) is 0 Å². The molecule has 0 aromatic carbocycles. The predicted molar refractivity (Wildman–Crippen MR) is 170 cm³/mol. The summed E-state index contributed by atoms with van der Waals surface area (Å²) in [4.78, 5) is 41.8. The van der Waals surface area contributed by atoms with Crippen molar-refractivity contribution in [3.8, 4) is 0 Å². The zero-order chi connectivity index (χ0) is 33.1. The summed E-state index contributed by atoms with van der Waals surface area (Å²) in [6.07, 6.45) is 13.3. The van der Waals surface area contributed by atoms with Gasteiger partial charge in [-0.3, -0.25) is 0 Å². The average Bonchev–Trinajstić information content (AvgIpc) is 2.98. The standard InChI is InChI=1S/2C12H27O3P.2C3H3O2.Ru/c2*1-4-7-10-13-16(14-11-8-5-2)15-12-9-6-3;2*1-3(5)2-4;/h2*4-12H2,1-3H3;2*1H3;. The zero-order valence-corrected chi connectivity index (χ0v) is 31.6. The predicted octanol–water partition coefficient (Wildman–Crippen LogP) is 8.63. The second-order valence-electron chi connectivity index (χ2n) is 9.29. The smallest absolute Gasteiger partial charge is 0.312 e. The monoisotopic (exact) mass is 744 g/mol. The number of hydrogen-bond donors (Lipinski definition) is 0. The van der Waals surface area contributed by atoms with Crippen molar-refractivity contribution in [1.29, 1.82) is 0 Å². The molecule has 10 nitrogen and oxygen atoms in total. The van der Waals surface area contributed by atoms with E-state index >= 15 is 0 Å². The van der Waals surface area contributed by atoms with Gasteiger partial charge in [-0.25, -0.2) is 0 Å². The van der Waals surface area contributed by atoms with Gasteiger partial charge in [0.15, 0.2) is 0 Å². The zero-order valence-electron chi connectivity index (χ0n) is 28.1. The molecule has 0 fully saturated rings. The molecular formula is C30H60O10P2Ru. The molecule has 0 radical (unpaired) electrons. The Morgan fingerprint density at radius 1 is 0.419 bits per heavy atom. The first-order chi connectivity index (χ1) is 20.6. The summed E-state index contributed by atoms with van der Waals surface area (Å²) in [7, 11) is -2.19. The Morgan fingerprint density at radius 3 is 0.744 bits per heavy atom. The first-order valence-corrected chi connectivity index (χ1v) is 19.7. The molecule has 0 spiro atoms. The summed E-state index contributed by atoms with van der Waals surface area (Å²) in [5.74, 6) is -1.31. The number of ketones is 2. The van der Waals surface area contributed by atoms with E-state index in [0.29, 0.717) is 0 Å². The summed E-state index contributed by atoms with van der Waals surface area (Å²) < 4.78 is 32.1. The number of rotatable bonds is 28. The van der Waals surface area contributed by atoms with Crippen molar-refractivity contribution in [2.75, 3.05) is 39.6 Å². The largest absolute Gasteiger partial charge is 0.332 e. The molecule has 13 heteroatoms. The number of carbonyl (C=O) groups excluding carboxylic acids is 4. The van der Waals surface area contributed by atoms with E-state index in [1.54, 1.807) is 0 Å². The molecular weight excluding hydrogens is 683 g/mol. The summed E-state index contributed by atoms with van der Waals surface area (Å²) in [6, 6.07) is 0. The number of hydrogen-bond acceptors (Lipinski definition) is 10. The Labute approximate surface area is 272 Å². The van der Waals surface area contributed by atoms with Crippen LogP contribution in [0, 0.1) is 0 Å². The van der Waals surface area contributed by atoms with Gasteiger partial charge in [0.1, 0.15) is 0 Å². The first-order valence-electron chi connectivity index (χ1n) is 15.7. The molecule has 0 aromatic rings. The van der Waals surface area contributed by atoms with Gasteiger partial charge < -0.3 is 27.1 Å². The van der Waals surface area contributed by atoms with E-state index in [-0.39, 0.29) is 0 Å². The molecule has 0 saturated carbocycles. The molecule has 0 atom stereocenters. The summed E-state index contributed by atoms with van der Waals surface area (Å²) >= 11 is -1.38. The van der Waals surface area contributed by atoms with E-state index in [1.807, 2.05) is 0 Å². The summed E-state index contributed by atoms with van der Waals surface area (Å²) in [5.41, 5.74) is 0. The van der Waals surface area contributed by atoms with E-state index in [0.717, 1.165) is 131 Å². The van der Waals surface area contributed by atoms with Gasteiger partial charge in [0.25, 0.3) is 0 Å². The van der Waals surface area contributed by atoms with E-state index < -0.39 is 54.7 Å². The van der Waals surface area contributed by atoms with Crippen LogP contribution in [-0.2, 0) is 63.4 Å². The quantitative estimate of drug-likeness (QED) is 0.0333. The van der Waals surface area contributed by atoms with Crippen LogP contribution in [0.4, 0.5) is 0 Å². The van der Waals surface area contributed by atoms with Crippen LogP contribution in [0.25, 0.3) is 0 Å². The van der Waals surface area contributed by atoms with E-state index in [4.69, 9.17) is 27.1 Å². The van der Waals surface area contributed by atoms with Crippen molar-refractivity contribution in [3.63, 3.8) is 0 Å². The summed E-state index contributed by atoms with van der Waals surface area (Å²) in [5, 5.41) is 0. The molecule has 258 valence electrons. The van der Waals surface area contributed by atoms with E-state index in [9.17, 15) is 19.2 Å². The molecule has 43 heavy (non-hydrogen) atoms. The number of unbranched alkanes of at least 4 members (excludes halogenated alkanes) is 6.